The number of hydrogen-bond donors (Lipinski definition) is 1. The van der Waals surface area contributed by atoms with Crippen LogP contribution in [0, 0.1) is 0 Å². The van der Waals surface area contributed by atoms with E-state index in [1.807, 2.05) is 27.7 Å². The van der Waals surface area contributed by atoms with E-state index >= 15 is 0 Å². The molecule has 0 saturated heterocycles. The third-order valence-electron chi connectivity index (χ3n) is 2.69. The van der Waals surface area contributed by atoms with Crippen LogP contribution in [0.1, 0.15) is 52.7 Å². The predicted molar refractivity (Wildman–Crippen MR) is 88.2 cm³/mol. The van der Waals surface area contributed by atoms with E-state index in [1.54, 1.807) is 0 Å². The van der Waals surface area contributed by atoms with E-state index in [2.05, 4.69) is 50.3 Å². The van der Waals surface area contributed by atoms with Gasteiger partial charge >= 0.3 is 0 Å². The smallest absolute Gasteiger partial charge is 0.00509 e. The van der Waals surface area contributed by atoms with Crippen molar-refractivity contribution in [1.82, 2.24) is 0 Å². The summed E-state index contributed by atoms with van der Waals surface area (Å²) in [5.74, 6) is 0. The molecule has 19 heavy (non-hydrogen) atoms. The number of benzene rings is 1. The summed E-state index contributed by atoms with van der Waals surface area (Å²) >= 11 is 0. The molecule has 0 saturated carbocycles. The molecule has 0 aromatic heterocycles. The lowest BCUT2D eigenvalue weighted by molar-refractivity contribution is 0.738. The first-order valence-corrected chi connectivity index (χ1v) is 7.19. The van der Waals surface area contributed by atoms with E-state index in [1.165, 1.54) is 22.3 Å². The minimum Gasteiger partial charge on any atom is -0.328 e. The number of nitrogens with two attached hydrogens (primary N) is 1. The molecular formula is C18H29N. The SMILES string of the molecule is C/C=C\C(=C(C)C)c1ccc(CC(C)N)cc1.CC. The van der Waals surface area contributed by atoms with E-state index in [0.717, 1.165) is 6.42 Å². The quantitative estimate of drug-likeness (QED) is 0.759. The Kier molecular flexibility index (Phi) is 8.90. The van der Waals surface area contributed by atoms with Crippen molar-refractivity contribution >= 4 is 5.57 Å². The molecule has 1 nitrogen and oxygen atoms in total. The normalized spacial score (nSPS) is 11.7. The molecule has 1 heteroatoms. The van der Waals surface area contributed by atoms with Crippen LogP contribution in [0.25, 0.3) is 5.57 Å². The molecule has 0 aliphatic rings. The van der Waals surface area contributed by atoms with Crippen molar-refractivity contribution in [3.05, 3.63) is 53.1 Å². The van der Waals surface area contributed by atoms with Crippen LogP contribution in [0.15, 0.2) is 42.0 Å². The van der Waals surface area contributed by atoms with Crippen molar-refractivity contribution in [3.8, 4) is 0 Å². The minimum absolute atomic E-state index is 0.222. The third-order valence-corrected chi connectivity index (χ3v) is 2.69. The zero-order valence-electron chi connectivity index (χ0n) is 13.3. The van der Waals surface area contributed by atoms with E-state index in [0.29, 0.717) is 0 Å². The van der Waals surface area contributed by atoms with Gasteiger partial charge < -0.3 is 5.73 Å². The molecular weight excluding hydrogens is 230 g/mol. The van der Waals surface area contributed by atoms with Gasteiger partial charge in [-0.05, 0) is 50.8 Å². The van der Waals surface area contributed by atoms with Crippen molar-refractivity contribution in [2.45, 2.75) is 54.0 Å². The Morgan fingerprint density at radius 3 is 2.05 bits per heavy atom. The Bertz CT molecular complexity index is 404. The maximum absolute atomic E-state index is 5.80. The van der Waals surface area contributed by atoms with Crippen LogP contribution in [0.4, 0.5) is 0 Å². The summed E-state index contributed by atoms with van der Waals surface area (Å²) in [4.78, 5) is 0. The first-order chi connectivity index (χ1) is 9.04. The monoisotopic (exact) mass is 259 g/mol. The first kappa shape index (κ1) is 17.7. The lowest BCUT2D eigenvalue weighted by Gasteiger charge is -2.09. The van der Waals surface area contributed by atoms with Gasteiger partial charge in [-0.3, -0.25) is 0 Å². The zero-order chi connectivity index (χ0) is 14.8. The van der Waals surface area contributed by atoms with Gasteiger partial charge in [0, 0.05) is 6.04 Å². The summed E-state index contributed by atoms with van der Waals surface area (Å²) in [5, 5.41) is 0. The molecule has 1 unspecified atom stereocenters. The van der Waals surface area contributed by atoms with E-state index < -0.39 is 0 Å². The molecule has 0 bridgehead atoms. The number of allylic oxidation sites excluding steroid dienone is 4. The summed E-state index contributed by atoms with van der Waals surface area (Å²) in [6.07, 6.45) is 5.18. The van der Waals surface area contributed by atoms with Crippen LogP contribution < -0.4 is 5.73 Å². The second-order valence-electron chi connectivity index (χ2n) is 4.79. The maximum Gasteiger partial charge on any atom is 0.00509 e. The van der Waals surface area contributed by atoms with Gasteiger partial charge in [-0.2, -0.15) is 0 Å². The predicted octanol–water partition coefficient (Wildman–Crippen LogP) is 4.97. The molecule has 0 heterocycles. The minimum atomic E-state index is 0.222. The second-order valence-corrected chi connectivity index (χ2v) is 4.79. The molecule has 1 rings (SSSR count). The van der Waals surface area contributed by atoms with Crippen LogP contribution in [0.2, 0.25) is 0 Å². The van der Waals surface area contributed by atoms with Crippen molar-refractivity contribution < 1.29 is 0 Å². The van der Waals surface area contributed by atoms with E-state index in [-0.39, 0.29) is 6.04 Å². The molecule has 2 N–H and O–H groups in total. The standard InChI is InChI=1S/C16H23N.C2H6/c1-5-6-16(12(2)3)15-9-7-14(8-10-15)11-13(4)17;1-2/h5-10,13H,11,17H2,1-4H3;1-2H3/b6-5-;. The molecule has 1 aromatic carbocycles. The lowest BCUT2D eigenvalue weighted by Crippen LogP contribution is -2.17. The van der Waals surface area contributed by atoms with Gasteiger partial charge in [0.1, 0.15) is 0 Å². The van der Waals surface area contributed by atoms with Gasteiger partial charge in [-0.1, -0.05) is 55.8 Å². The van der Waals surface area contributed by atoms with Crippen LogP contribution in [0.5, 0.6) is 0 Å². The fraction of sp³-hybridized carbons (Fsp3) is 0.444. The van der Waals surface area contributed by atoms with Gasteiger partial charge in [0.25, 0.3) is 0 Å². The Morgan fingerprint density at radius 2 is 1.68 bits per heavy atom. The summed E-state index contributed by atoms with van der Waals surface area (Å²) < 4.78 is 0. The van der Waals surface area contributed by atoms with Crippen LogP contribution in [-0.4, -0.2) is 6.04 Å². The number of rotatable bonds is 4. The highest BCUT2D eigenvalue weighted by atomic mass is 14.6. The van der Waals surface area contributed by atoms with Crippen molar-refractivity contribution in [2.75, 3.05) is 0 Å². The Labute approximate surface area is 119 Å². The summed E-state index contributed by atoms with van der Waals surface area (Å²) in [6, 6.07) is 8.93. The fourth-order valence-corrected chi connectivity index (χ4v) is 1.91. The molecule has 0 aliphatic carbocycles. The second kappa shape index (κ2) is 9.57. The Balaban J connectivity index is 0.00000154. The molecule has 1 atom stereocenters. The van der Waals surface area contributed by atoms with Gasteiger partial charge in [-0.25, -0.2) is 0 Å². The molecule has 0 fully saturated rings. The van der Waals surface area contributed by atoms with E-state index in [4.69, 9.17) is 5.73 Å². The average molecular weight is 259 g/mol. The summed E-state index contributed by atoms with van der Waals surface area (Å²) in [5.41, 5.74) is 11.0. The molecule has 0 spiro atoms. The summed E-state index contributed by atoms with van der Waals surface area (Å²) in [7, 11) is 0. The van der Waals surface area contributed by atoms with Crippen LogP contribution >= 0.6 is 0 Å². The molecule has 0 amide bonds. The molecule has 0 radical (unpaired) electrons. The average Bonchev–Trinajstić information content (AvgIpc) is 2.38. The van der Waals surface area contributed by atoms with Gasteiger partial charge in [0.15, 0.2) is 0 Å². The third kappa shape index (κ3) is 6.40. The van der Waals surface area contributed by atoms with Gasteiger partial charge in [0.05, 0.1) is 0 Å². The highest BCUT2D eigenvalue weighted by Crippen LogP contribution is 2.21. The number of hydrogen-bond acceptors (Lipinski definition) is 1. The Hall–Kier alpha value is -1.34. The lowest BCUT2D eigenvalue weighted by atomic mass is 9.98. The maximum atomic E-state index is 5.80. The topological polar surface area (TPSA) is 26.0 Å². The Morgan fingerprint density at radius 1 is 1.16 bits per heavy atom. The first-order valence-electron chi connectivity index (χ1n) is 7.19. The van der Waals surface area contributed by atoms with E-state index in [9.17, 15) is 0 Å². The van der Waals surface area contributed by atoms with Crippen molar-refractivity contribution in [1.29, 1.82) is 0 Å². The zero-order valence-corrected chi connectivity index (χ0v) is 13.3. The van der Waals surface area contributed by atoms with Gasteiger partial charge in [0.2, 0.25) is 0 Å². The summed E-state index contributed by atoms with van der Waals surface area (Å²) in [6.45, 7) is 12.4. The van der Waals surface area contributed by atoms with Crippen molar-refractivity contribution in [2.24, 2.45) is 5.73 Å². The molecule has 106 valence electrons. The highest BCUT2D eigenvalue weighted by molar-refractivity contribution is 5.76. The molecule has 0 aliphatic heterocycles. The van der Waals surface area contributed by atoms with Crippen LogP contribution in [-0.2, 0) is 6.42 Å². The van der Waals surface area contributed by atoms with Gasteiger partial charge in [-0.15, -0.1) is 0 Å². The van der Waals surface area contributed by atoms with Crippen molar-refractivity contribution in [3.63, 3.8) is 0 Å². The fourth-order valence-electron chi connectivity index (χ4n) is 1.91. The highest BCUT2D eigenvalue weighted by Gasteiger charge is 2.02. The van der Waals surface area contributed by atoms with Crippen LogP contribution in [0.3, 0.4) is 0 Å². The molecule has 1 aromatic rings. The largest absolute Gasteiger partial charge is 0.328 e.